The van der Waals surface area contributed by atoms with Crippen LogP contribution in [0.3, 0.4) is 0 Å². The fraction of sp³-hybridized carbons (Fsp3) is 0.909. The van der Waals surface area contributed by atoms with Crippen molar-refractivity contribution in [2.45, 2.75) is 46.9 Å². The minimum atomic E-state index is -0.270. The molecule has 0 aromatic heterocycles. The summed E-state index contributed by atoms with van der Waals surface area (Å²) in [4.78, 5) is 0. The van der Waals surface area contributed by atoms with Crippen LogP contribution in [0.1, 0.15) is 41.5 Å². The first kappa shape index (κ1) is 12.6. The molecule has 0 N–H and O–H groups in total. The molecule has 14 heavy (non-hydrogen) atoms. The lowest BCUT2D eigenvalue weighted by atomic mass is 9.99. The summed E-state index contributed by atoms with van der Waals surface area (Å²) in [6.45, 7) is 13.9. The third kappa shape index (κ3) is 2.38. The predicted molar refractivity (Wildman–Crippen MR) is 69.9 cm³/mol. The number of hydrogen-bond donors (Lipinski definition) is 0. The first-order chi connectivity index (χ1) is 6.18. The minimum absolute atomic E-state index is 0.270. The highest BCUT2D eigenvalue weighted by molar-refractivity contribution is 7.93. The van der Waals surface area contributed by atoms with Crippen LogP contribution in [0.25, 0.3) is 0 Å². The van der Waals surface area contributed by atoms with E-state index in [0.717, 1.165) is 14.0 Å². The molecule has 3 heteroatoms. The predicted octanol–water partition coefficient (Wildman–Crippen LogP) is 4.27. The van der Waals surface area contributed by atoms with Crippen molar-refractivity contribution in [3.63, 3.8) is 0 Å². The molecular weight excluding hydrogens is 210 g/mol. The Morgan fingerprint density at radius 1 is 1.14 bits per heavy atom. The van der Waals surface area contributed by atoms with Crippen molar-refractivity contribution in [2.24, 2.45) is 10.8 Å². The summed E-state index contributed by atoms with van der Waals surface area (Å²) in [5.74, 6) is 0. The second kappa shape index (κ2) is 3.85. The summed E-state index contributed by atoms with van der Waals surface area (Å²) in [6, 6.07) is 0. The molecule has 0 saturated carbocycles. The van der Waals surface area contributed by atoms with E-state index < -0.39 is 0 Å². The van der Waals surface area contributed by atoms with E-state index in [2.05, 4.69) is 41.5 Å². The second-order valence-corrected chi connectivity index (χ2v) is 10.3. The van der Waals surface area contributed by atoms with Crippen molar-refractivity contribution in [1.82, 2.24) is 0 Å². The van der Waals surface area contributed by atoms with E-state index >= 15 is 0 Å². The van der Waals surface area contributed by atoms with Gasteiger partial charge in [0.15, 0.2) is 10.4 Å². The standard InChI is InChI=1S/C11H23OP2/c1-10(2,3)8-13-9(11(4,5)6)14(8)12-7/h8,13H,1-7H3/q+1. The van der Waals surface area contributed by atoms with E-state index in [1.807, 2.05) is 7.11 Å². The Labute approximate surface area is 91.3 Å². The molecule has 1 aliphatic rings. The average molecular weight is 233 g/mol. The highest BCUT2D eigenvalue weighted by Crippen LogP contribution is 2.66. The third-order valence-corrected chi connectivity index (χ3v) is 9.51. The van der Waals surface area contributed by atoms with Gasteiger partial charge in [0.05, 0.1) is 7.11 Å². The molecule has 0 bridgehead atoms. The molecule has 1 nitrogen and oxygen atoms in total. The van der Waals surface area contributed by atoms with Gasteiger partial charge in [-0.1, -0.05) is 41.5 Å². The molecule has 0 aliphatic carbocycles. The lowest BCUT2D eigenvalue weighted by molar-refractivity contribution is 0.411. The van der Waals surface area contributed by atoms with Crippen LogP contribution in [0.15, 0.2) is 0 Å². The maximum Gasteiger partial charge on any atom is 0.266 e. The Bertz CT molecular complexity index is 255. The van der Waals surface area contributed by atoms with Gasteiger partial charge >= 0.3 is 0 Å². The van der Waals surface area contributed by atoms with Gasteiger partial charge in [-0.05, 0) is 0 Å². The summed E-state index contributed by atoms with van der Waals surface area (Å²) in [5, 5.41) is 2.46. The zero-order valence-corrected chi connectivity index (χ0v) is 12.3. The maximum atomic E-state index is 5.70. The first-order valence-corrected chi connectivity index (χ1v) is 7.56. The van der Waals surface area contributed by atoms with E-state index in [4.69, 9.17) is 4.52 Å². The molecule has 0 amide bonds. The van der Waals surface area contributed by atoms with Crippen LogP contribution in [0, 0.1) is 10.8 Å². The largest absolute Gasteiger partial charge is 0.266 e. The van der Waals surface area contributed by atoms with Gasteiger partial charge in [0, 0.05) is 19.4 Å². The van der Waals surface area contributed by atoms with Gasteiger partial charge in [0.1, 0.15) is 0 Å². The summed E-state index contributed by atoms with van der Waals surface area (Å²) in [6.07, 6.45) is 0. The molecule has 0 saturated heterocycles. The average Bonchev–Trinajstić information content (AvgIpc) is 1.77. The van der Waals surface area contributed by atoms with Gasteiger partial charge in [-0.15, -0.1) is 0 Å². The van der Waals surface area contributed by atoms with Gasteiger partial charge in [-0.2, -0.15) is 4.52 Å². The van der Waals surface area contributed by atoms with Crippen LogP contribution >= 0.6 is 16.4 Å². The minimum Gasteiger partial charge on any atom is -0.182 e. The first-order valence-electron chi connectivity index (χ1n) is 5.15. The Hall–Kier alpha value is 0.560. The fourth-order valence-corrected chi connectivity index (χ4v) is 6.95. The molecule has 1 heterocycles. The molecule has 0 aromatic carbocycles. The van der Waals surface area contributed by atoms with Crippen molar-refractivity contribution >= 4 is 21.4 Å². The van der Waals surface area contributed by atoms with Gasteiger partial charge in [-0.25, -0.2) is 0 Å². The molecule has 0 aromatic rings. The van der Waals surface area contributed by atoms with Crippen LogP contribution in [0.5, 0.6) is 0 Å². The molecule has 0 radical (unpaired) electrons. The zero-order chi connectivity index (χ0) is 11.1. The van der Waals surface area contributed by atoms with E-state index in [-0.39, 0.29) is 7.77 Å². The van der Waals surface area contributed by atoms with Gasteiger partial charge < -0.3 is 0 Å². The number of hydrogen-bond acceptors (Lipinski definition) is 1. The van der Waals surface area contributed by atoms with E-state index in [0.29, 0.717) is 10.8 Å². The van der Waals surface area contributed by atoms with E-state index in [1.54, 1.807) is 5.03 Å². The summed E-state index contributed by atoms with van der Waals surface area (Å²) < 4.78 is 5.70. The Kier molecular flexibility index (Phi) is 3.48. The Morgan fingerprint density at radius 2 is 1.64 bits per heavy atom. The third-order valence-electron chi connectivity index (χ3n) is 2.46. The van der Waals surface area contributed by atoms with Crippen molar-refractivity contribution in [2.75, 3.05) is 7.11 Å². The second-order valence-electron chi connectivity index (χ2n) is 6.02. The maximum absolute atomic E-state index is 5.70. The van der Waals surface area contributed by atoms with Crippen LogP contribution in [-0.4, -0.2) is 17.5 Å². The molecule has 0 fully saturated rings. The van der Waals surface area contributed by atoms with Crippen LogP contribution < -0.4 is 0 Å². The Balaban J connectivity index is 2.92. The lowest BCUT2D eigenvalue weighted by Crippen LogP contribution is -2.32. The lowest BCUT2D eigenvalue weighted by Gasteiger charge is -2.35. The van der Waals surface area contributed by atoms with Crippen LogP contribution in [-0.2, 0) is 4.52 Å². The molecule has 3 atom stereocenters. The van der Waals surface area contributed by atoms with Gasteiger partial charge in [0.25, 0.3) is 7.77 Å². The molecule has 82 valence electrons. The van der Waals surface area contributed by atoms with Crippen molar-refractivity contribution in [1.29, 1.82) is 0 Å². The normalized spacial score (nSPS) is 28.1. The smallest absolute Gasteiger partial charge is 0.182 e. The highest BCUT2D eigenvalue weighted by atomic mass is 31.2. The van der Waals surface area contributed by atoms with Crippen molar-refractivity contribution in [3.8, 4) is 0 Å². The summed E-state index contributed by atoms with van der Waals surface area (Å²) in [7, 11) is 2.62. The van der Waals surface area contributed by atoms with E-state index in [1.165, 1.54) is 0 Å². The van der Waals surface area contributed by atoms with Gasteiger partial charge in [-0.3, -0.25) is 0 Å². The van der Waals surface area contributed by atoms with Crippen LogP contribution in [0.4, 0.5) is 0 Å². The topological polar surface area (TPSA) is 9.23 Å². The number of rotatable bonds is 1. The monoisotopic (exact) mass is 233 g/mol. The zero-order valence-electron chi connectivity index (χ0n) is 10.4. The van der Waals surface area contributed by atoms with Gasteiger partial charge in [0.2, 0.25) is 0 Å². The molecule has 1 aliphatic heterocycles. The molecular formula is C11H23OP2+. The Morgan fingerprint density at radius 3 is 1.93 bits per heavy atom. The quantitative estimate of drug-likeness (QED) is 0.614. The van der Waals surface area contributed by atoms with Crippen molar-refractivity contribution in [3.05, 3.63) is 0 Å². The molecule has 3 unspecified atom stereocenters. The molecule has 0 spiro atoms. The van der Waals surface area contributed by atoms with E-state index in [9.17, 15) is 0 Å². The fourth-order valence-electron chi connectivity index (χ4n) is 1.63. The SMILES string of the molecule is CO[P+]1=C(C(C)(C)C)PC1C(C)(C)C. The summed E-state index contributed by atoms with van der Waals surface area (Å²) in [5.41, 5.74) is 0.761. The van der Waals surface area contributed by atoms with Crippen molar-refractivity contribution < 1.29 is 4.52 Å². The van der Waals surface area contributed by atoms with Crippen LogP contribution in [0.2, 0.25) is 0 Å². The summed E-state index contributed by atoms with van der Waals surface area (Å²) >= 11 is 0. The molecule has 1 rings (SSSR count). The highest BCUT2D eigenvalue weighted by Gasteiger charge is 2.53.